The van der Waals surface area contributed by atoms with Crippen molar-refractivity contribution in [2.45, 2.75) is 19.4 Å². The van der Waals surface area contributed by atoms with E-state index < -0.39 is 0 Å². The Kier molecular flexibility index (Phi) is 2.81. The number of amides is 1. The largest absolute Gasteiger partial charge is 0.309 e. The lowest BCUT2D eigenvalue weighted by Crippen LogP contribution is -2.28. The van der Waals surface area contributed by atoms with Gasteiger partial charge in [0.1, 0.15) is 11.9 Å². The number of amidine groups is 1. The minimum absolute atomic E-state index is 0.0347. The third-order valence-corrected chi connectivity index (χ3v) is 2.63. The first-order valence-corrected chi connectivity index (χ1v) is 5.49. The van der Waals surface area contributed by atoms with Gasteiger partial charge in [0.05, 0.1) is 0 Å². The molecule has 1 aromatic heterocycles. The van der Waals surface area contributed by atoms with E-state index in [9.17, 15) is 4.79 Å². The second kappa shape index (κ2) is 4.10. The number of hydrogen-bond acceptors (Lipinski definition) is 3. The summed E-state index contributed by atoms with van der Waals surface area (Å²) in [6.45, 7) is 1.94. The van der Waals surface area contributed by atoms with Gasteiger partial charge < -0.3 is 5.32 Å². The molecule has 2 rings (SSSR count). The molecule has 0 saturated carbocycles. The zero-order valence-corrected chi connectivity index (χ0v) is 9.78. The number of pyridine rings is 1. The lowest BCUT2D eigenvalue weighted by Gasteiger charge is -2.00. The second-order valence-electron chi connectivity index (χ2n) is 3.28. The van der Waals surface area contributed by atoms with Gasteiger partial charge in [-0.05, 0) is 28.4 Å². The Bertz CT molecular complexity index is 430. The Morgan fingerprint density at radius 1 is 1.53 bits per heavy atom. The van der Waals surface area contributed by atoms with Crippen molar-refractivity contribution in [3.63, 3.8) is 0 Å². The highest BCUT2D eigenvalue weighted by molar-refractivity contribution is 9.10. The van der Waals surface area contributed by atoms with Gasteiger partial charge in [0.25, 0.3) is 0 Å². The topological polar surface area (TPSA) is 54.4 Å². The molecule has 0 fully saturated rings. The molecule has 15 heavy (non-hydrogen) atoms. The third kappa shape index (κ3) is 2.07. The monoisotopic (exact) mass is 267 g/mol. The molecule has 2 heterocycles. The highest BCUT2D eigenvalue weighted by atomic mass is 79.9. The molecule has 0 bridgehead atoms. The molecule has 1 aromatic rings. The summed E-state index contributed by atoms with van der Waals surface area (Å²) in [6.07, 6.45) is 4.09. The Morgan fingerprint density at radius 3 is 2.93 bits per heavy atom. The lowest BCUT2D eigenvalue weighted by molar-refractivity contribution is -0.120. The molecule has 78 valence electrons. The van der Waals surface area contributed by atoms with Gasteiger partial charge in [-0.1, -0.05) is 6.92 Å². The number of aromatic nitrogens is 1. The fourth-order valence-electron chi connectivity index (χ4n) is 1.41. The first-order valence-electron chi connectivity index (χ1n) is 4.70. The quantitative estimate of drug-likeness (QED) is 0.883. The van der Waals surface area contributed by atoms with E-state index >= 15 is 0 Å². The van der Waals surface area contributed by atoms with Crippen LogP contribution in [0.15, 0.2) is 27.9 Å². The molecule has 1 aliphatic heterocycles. The Hall–Kier alpha value is -1.23. The van der Waals surface area contributed by atoms with Crippen LogP contribution in [0.2, 0.25) is 0 Å². The van der Waals surface area contributed by atoms with Crippen LogP contribution < -0.4 is 5.32 Å². The van der Waals surface area contributed by atoms with Crippen LogP contribution in [0.3, 0.4) is 0 Å². The van der Waals surface area contributed by atoms with E-state index in [1.165, 1.54) is 0 Å². The van der Waals surface area contributed by atoms with Gasteiger partial charge >= 0.3 is 0 Å². The standard InChI is InChI=1S/C10H10BrN3O/c1-2-8-10(15)14-9(13-8)6-3-7(11)5-12-4-6/h3-5,8H,2H2,1H3,(H,13,14,15). The number of carbonyl (C=O) groups excluding carboxylic acids is 1. The van der Waals surface area contributed by atoms with E-state index in [0.717, 1.165) is 16.5 Å². The van der Waals surface area contributed by atoms with Gasteiger partial charge in [0, 0.05) is 22.4 Å². The molecule has 1 atom stereocenters. The molecule has 0 aliphatic carbocycles. The fraction of sp³-hybridized carbons (Fsp3) is 0.300. The predicted octanol–water partition coefficient (Wildman–Crippen LogP) is 1.50. The van der Waals surface area contributed by atoms with E-state index in [-0.39, 0.29) is 11.9 Å². The van der Waals surface area contributed by atoms with Gasteiger partial charge in [0.15, 0.2) is 0 Å². The van der Waals surface area contributed by atoms with Crippen LogP contribution in [-0.4, -0.2) is 22.8 Å². The van der Waals surface area contributed by atoms with E-state index in [4.69, 9.17) is 0 Å². The van der Waals surface area contributed by atoms with Crippen molar-refractivity contribution in [1.82, 2.24) is 10.3 Å². The molecule has 4 nitrogen and oxygen atoms in total. The maximum Gasteiger partial charge on any atom is 0.250 e. The number of halogens is 1. The predicted molar refractivity (Wildman–Crippen MR) is 60.7 cm³/mol. The van der Waals surface area contributed by atoms with Crippen LogP contribution in [0.5, 0.6) is 0 Å². The average molecular weight is 268 g/mol. The van der Waals surface area contributed by atoms with Crippen molar-refractivity contribution < 1.29 is 4.79 Å². The molecule has 0 radical (unpaired) electrons. The van der Waals surface area contributed by atoms with Crippen LogP contribution in [-0.2, 0) is 4.79 Å². The van der Waals surface area contributed by atoms with Crippen molar-refractivity contribution in [2.24, 2.45) is 4.99 Å². The van der Waals surface area contributed by atoms with Crippen molar-refractivity contribution in [1.29, 1.82) is 0 Å². The molecular weight excluding hydrogens is 258 g/mol. The minimum Gasteiger partial charge on any atom is -0.309 e. The first-order chi connectivity index (χ1) is 7.20. The molecule has 1 aliphatic rings. The molecule has 0 saturated heterocycles. The van der Waals surface area contributed by atoms with Crippen molar-refractivity contribution >= 4 is 27.7 Å². The van der Waals surface area contributed by atoms with E-state index in [1.807, 2.05) is 13.0 Å². The third-order valence-electron chi connectivity index (χ3n) is 2.19. The summed E-state index contributed by atoms with van der Waals surface area (Å²) in [4.78, 5) is 19.7. The summed E-state index contributed by atoms with van der Waals surface area (Å²) >= 11 is 3.33. The van der Waals surface area contributed by atoms with Gasteiger partial charge in [-0.25, -0.2) is 0 Å². The first kappa shape index (κ1) is 10.3. The zero-order chi connectivity index (χ0) is 10.8. The summed E-state index contributed by atoms with van der Waals surface area (Å²) in [7, 11) is 0. The summed E-state index contributed by atoms with van der Waals surface area (Å²) in [6, 6.07) is 1.63. The SMILES string of the molecule is CCC1N=C(c2cncc(Br)c2)NC1=O. The maximum absolute atomic E-state index is 11.4. The maximum atomic E-state index is 11.4. The number of nitrogens with zero attached hydrogens (tertiary/aromatic N) is 2. The number of aliphatic imine (C=N–C) groups is 1. The van der Waals surface area contributed by atoms with Crippen molar-refractivity contribution in [3.8, 4) is 0 Å². The van der Waals surface area contributed by atoms with Gasteiger partial charge in [0.2, 0.25) is 5.91 Å². The summed E-state index contributed by atoms with van der Waals surface area (Å²) in [5.74, 6) is 0.577. The lowest BCUT2D eigenvalue weighted by atomic mass is 10.2. The van der Waals surface area contributed by atoms with E-state index in [2.05, 4.69) is 31.2 Å². The van der Waals surface area contributed by atoms with Crippen LogP contribution in [0.25, 0.3) is 0 Å². The molecule has 0 spiro atoms. The zero-order valence-electron chi connectivity index (χ0n) is 8.20. The van der Waals surface area contributed by atoms with E-state index in [1.54, 1.807) is 12.4 Å². The van der Waals surface area contributed by atoms with Gasteiger partial charge in [-0.15, -0.1) is 0 Å². The van der Waals surface area contributed by atoms with Crippen LogP contribution in [0.1, 0.15) is 18.9 Å². The number of nitrogens with one attached hydrogen (secondary N) is 1. The van der Waals surface area contributed by atoms with Crippen molar-refractivity contribution in [2.75, 3.05) is 0 Å². The molecule has 5 heteroatoms. The minimum atomic E-state index is -0.251. The number of hydrogen-bond donors (Lipinski definition) is 1. The van der Waals surface area contributed by atoms with Crippen LogP contribution in [0.4, 0.5) is 0 Å². The van der Waals surface area contributed by atoms with Gasteiger partial charge in [-0.2, -0.15) is 0 Å². The number of carbonyl (C=O) groups is 1. The highest BCUT2D eigenvalue weighted by Crippen LogP contribution is 2.13. The van der Waals surface area contributed by atoms with Gasteiger partial charge in [-0.3, -0.25) is 14.8 Å². The molecular formula is C10H10BrN3O. The molecule has 0 aromatic carbocycles. The smallest absolute Gasteiger partial charge is 0.250 e. The van der Waals surface area contributed by atoms with E-state index in [0.29, 0.717) is 5.84 Å². The normalized spacial score (nSPS) is 20.0. The summed E-state index contributed by atoms with van der Waals surface area (Å²) < 4.78 is 0.872. The Labute approximate surface area is 95.9 Å². The van der Waals surface area contributed by atoms with Crippen LogP contribution in [0, 0.1) is 0 Å². The Balaban J connectivity index is 2.30. The summed E-state index contributed by atoms with van der Waals surface area (Å²) in [5, 5.41) is 2.75. The van der Waals surface area contributed by atoms with Crippen molar-refractivity contribution in [3.05, 3.63) is 28.5 Å². The molecule has 1 N–H and O–H groups in total. The second-order valence-corrected chi connectivity index (χ2v) is 4.20. The number of rotatable bonds is 2. The fourth-order valence-corrected chi connectivity index (χ4v) is 1.78. The summed E-state index contributed by atoms with van der Waals surface area (Å²) in [5.41, 5.74) is 0.827. The Morgan fingerprint density at radius 2 is 2.33 bits per heavy atom. The highest BCUT2D eigenvalue weighted by Gasteiger charge is 2.25. The average Bonchev–Trinajstić information content (AvgIpc) is 2.60. The molecule has 1 amide bonds. The van der Waals surface area contributed by atoms with Crippen LogP contribution >= 0.6 is 15.9 Å². The molecule has 1 unspecified atom stereocenters.